The van der Waals surface area contributed by atoms with Gasteiger partial charge in [-0.25, -0.2) is 0 Å². The number of nitrogens with zero attached hydrogens (tertiary/aromatic N) is 4. The highest BCUT2D eigenvalue weighted by Gasteiger charge is 2.28. The fraction of sp³-hybridized carbons (Fsp3) is 0.471. The van der Waals surface area contributed by atoms with Crippen LogP contribution in [-0.2, 0) is 19.4 Å². The second kappa shape index (κ2) is 6.01. The van der Waals surface area contributed by atoms with Gasteiger partial charge in [0.05, 0.1) is 5.69 Å². The van der Waals surface area contributed by atoms with Gasteiger partial charge in [0, 0.05) is 44.5 Å². The van der Waals surface area contributed by atoms with Crippen molar-refractivity contribution in [2.24, 2.45) is 5.92 Å². The van der Waals surface area contributed by atoms with Crippen LogP contribution >= 0.6 is 0 Å². The zero-order valence-electron chi connectivity index (χ0n) is 12.7. The van der Waals surface area contributed by atoms with Gasteiger partial charge in [0.1, 0.15) is 0 Å². The van der Waals surface area contributed by atoms with E-state index in [1.54, 1.807) is 0 Å². The zero-order valence-corrected chi connectivity index (χ0v) is 12.7. The maximum atomic E-state index is 4.38. The summed E-state index contributed by atoms with van der Waals surface area (Å²) in [7, 11) is 0. The molecule has 2 aromatic rings. The van der Waals surface area contributed by atoms with Crippen LogP contribution in [0.15, 0.2) is 30.6 Å². The molecule has 2 aliphatic rings. The summed E-state index contributed by atoms with van der Waals surface area (Å²) in [4.78, 5) is 6.37. The van der Waals surface area contributed by atoms with Crippen LogP contribution in [-0.4, -0.2) is 34.8 Å². The van der Waals surface area contributed by atoms with Gasteiger partial charge in [0.25, 0.3) is 0 Å². The summed E-state index contributed by atoms with van der Waals surface area (Å²) >= 11 is 0. The van der Waals surface area contributed by atoms with Gasteiger partial charge < -0.3 is 10.2 Å². The molecule has 1 N–H and O–H groups in total. The molecule has 0 bridgehead atoms. The predicted molar refractivity (Wildman–Crippen MR) is 85.7 cm³/mol. The van der Waals surface area contributed by atoms with E-state index < -0.39 is 0 Å². The minimum Gasteiger partial charge on any atom is -0.354 e. The fourth-order valence-electron chi connectivity index (χ4n) is 3.28. The van der Waals surface area contributed by atoms with Crippen LogP contribution in [0.2, 0.25) is 0 Å². The number of nitrogens with one attached hydrogen (secondary N) is 1. The third-order valence-electron chi connectivity index (χ3n) is 4.60. The first-order valence-electron chi connectivity index (χ1n) is 8.08. The summed E-state index contributed by atoms with van der Waals surface area (Å²) < 4.78 is 0. The maximum Gasteiger partial charge on any atom is 0.151 e. The van der Waals surface area contributed by atoms with Gasteiger partial charge in [0.2, 0.25) is 0 Å². The van der Waals surface area contributed by atoms with Crippen LogP contribution in [0.5, 0.6) is 0 Å². The fourth-order valence-corrected chi connectivity index (χ4v) is 3.28. The summed E-state index contributed by atoms with van der Waals surface area (Å²) in [6, 6.07) is 6.36. The molecule has 5 heteroatoms. The van der Waals surface area contributed by atoms with Crippen molar-refractivity contribution in [2.45, 2.75) is 25.8 Å². The Morgan fingerprint density at radius 3 is 2.86 bits per heavy atom. The largest absolute Gasteiger partial charge is 0.354 e. The lowest BCUT2D eigenvalue weighted by Crippen LogP contribution is -2.51. The molecule has 0 aromatic carbocycles. The average Bonchev–Trinajstić information content (AvgIpc) is 2.98. The Morgan fingerprint density at radius 1 is 1.14 bits per heavy atom. The van der Waals surface area contributed by atoms with Crippen molar-refractivity contribution in [2.75, 3.05) is 24.5 Å². The van der Waals surface area contributed by atoms with E-state index >= 15 is 0 Å². The molecule has 4 rings (SSSR count). The topological polar surface area (TPSA) is 53.9 Å². The van der Waals surface area contributed by atoms with Crippen LogP contribution in [0.4, 0.5) is 5.82 Å². The van der Waals surface area contributed by atoms with E-state index in [1.165, 1.54) is 29.7 Å². The van der Waals surface area contributed by atoms with Crippen molar-refractivity contribution in [1.29, 1.82) is 0 Å². The van der Waals surface area contributed by atoms with Crippen LogP contribution in [0.25, 0.3) is 0 Å². The monoisotopic (exact) mass is 295 g/mol. The Kier molecular flexibility index (Phi) is 3.72. The summed E-state index contributed by atoms with van der Waals surface area (Å²) in [5, 5.41) is 12.3. The van der Waals surface area contributed by atoms with Gasteiger partial charge in [0.15, 0.2) is 5.82 Å². The van der Waals surface area contributed by atoms with E-state index in [2.05, 4.69) is 43.6 Å². The van der Waals surface area contributed by atoms with Gasteiger partial charge in [-0.3, -0.25) is 4.98 Å². The number of anilines is 1. The number of pyridine rings is 1. The molecule has 0 unspecified atom stereocenters. The third kappa shape index (κ3) is 2.81. The Hall–Kier alpha value is -2.01. The molecule has 1 aliphatic heterocycles. The van der Waals surface area contributed by atoms with Crippen LogP contribution in [0.3, 0.4) is 0 Å². The summed E-state index contributed by atoms with van der Waals surface area (Å²) in [6.45, 7) is 4.13. The predicted octanol–water partition coefficient (Wildman–Crippen LogP) is 1.59. The Morgan fingerprint density at radius 2 is 2.00 bits per heavy atom. The van der Waals surface area contributed by atoms with Gasteiger partial charge >= 0.3 is 0 Å². The first-order chi connectivity index (χ1) is 10.9. The summed E-state index contributed by atoms with van der Waals surface area (Å²) in [6.07, 6.45) is 7.19. The quantitative estimate of drug-likeness (QED) is 0.908. The molecule has 5 nitrogen and oxygen atoms in total. The van der Waals surface area contributed by atoms with Crippen molar-refractivity contribution in [3.8, 4) is 0 Å². The van der Waals surface area contributed by atoms with Gasteiger partial charge in [-0.05, 0) is 48.6 Å². The van der Waals surface area contributed by atoms with Crippen molar-refractivity contribution < 1.29 is 0 Å². The van der Waals surface area contributed by atoms with Gasteiger partial charge in [-0.15, -0.1) is 5.10 Å². The molecule has 0 amide bonds. The van der Waals surface area contributed by atoms with Crippen LogP contribution in [0.1, 0.15) is 23.2 Å². The first kappa shape index (κ1) is 13.6. The molecule has 2 aromatic heterocycles. The molecular weight excluding hydrogens is 274 g/mol. The van der Waals surface area contributed by atoms with Crippen molar-refractivity contribution in [3.63, 3.8) is 0 Å². The SMILES string of the molecule is c1cc(CNCC2CN(c3cc4c(nn3)CCC4)C2)ccn1. The molecule has 114 valence electrons. The van der Waals surface area contributed by atoms with Gasteiger partial charge in [-0.1, -0.05) is 0 Å². The third-order valence-corrected chi connectivity index (χ3v) is 4.60. The number of fused-ring (bicyclic) bond motifs is 1. The summed E-state index contributed by atoms with van der Waals surface area (Å²) in [5.41, 5.74) is 3.90. The van der Waals surface area contributed by atoms with Crippen molar-refractivity contribution in [1.82, 2.24) is 20.5 Å². The zero-order chi connectivity index (χ0) is 14.8. The Bertz CT molecular complexity index is 637. The second-order valence-corrected chi connectivity index (χ2v) is 6.29. The minimum absolute atomic E-state index is 0.705. The lowest BCUT2D eigenvalue weighted by molar-refractivity contribution is 0.381. The number of hydrogen-bond donors (Lipinski definition) is 1. The highest BCUT2D eigenvalue weighted by molar-refractivity contribution is 5.45. The van der Waals surface area contributed by atoms with E-state index in [9.17, 15) is 0 Å². The first-order valence-corrected chi connectivity index (χ1v) is 8.08. The normalized spacial score (nSPS) is 17.4. The van der Waals surface area contributed by atoms with Crippen LogP contribution < -0.4 is 10.2 Å². The highest BCUT2D eigenvalue weighted by atomic mass is 15.3. The molecule has 3 heterocycles. The van der Waals surface area contributed by atoms with E-state index in [-0.39, 0.29) is 0 Å². The van der Waals surface area contributed by atoms with Gasteiger partial charge in [-0.2, -0.15) is 5.10 Å². The number of aromatic nitrogens is 3. The molecule has 0 atom stereocenters. The van der Waals surface area contributed by atoms with Crippen molar-refractivity contribution in [3.05, 3.63) is 47.4 Å². The molecule has 1 saturated heterocycles. The van der Waals surface area contributed by atoms with E-state index in [1.807, 2.05) is 12.4 Å². The molecule has 0 spiro atoms. The average molecular weight is 295 g/mol. The Labute approximate surface area is 130 Å². The molecule has 22 heavy (non-hydrogen) atoms. The Balaban J connectivity index is 1.24. The lowest BCUT2D eigenvalue weighted by atomic mass is 10.00. The molecule has 0 saturated carbocycles. The van der Waals surface area contributed by atoms with E-state index in [4.69, 9.17) is 0 Å². The standard InChI is InChI=1S/C17H21N5/c1-2-15-8-17(21-20-16(15)3-1)22-11-14(12-22)10-19-9-13-4-6-18-7-5-13/h4-8,14,19H,1-3,9-12H2. The van der Waals surface area contributed by atoms with E-state index in [0.29, 0.717) is 5.92 Å². The molecular formula is C17H21N5. The second-order valence-electron chi connectivity index (χ2n) is 6.29. The van der Waals surface area contributed by atoms with E-state index in [0.717, 1.165) is 38.4 Å². The number of hydrogen-bond acceptors (Lipinski definition) is 5. The van der Waals surface area contributed by atoms with Crippen molar-refractivity contribution >= 4 is 5.82 Å². The maximum absolute atomic E-state index is 4.38. The number of rotatable bonds is 5. The smallest absolute Gasteiger partial charge is 0.151 e. The highest BCUT2D eigenvalue weighted by Crippen LogP contribution is 2.26. The summed E-state index contributed by atoms with van der Waals surface area (Å²) in [5.74, 6) is 1.77. The molecule has 0 radical (unpaired) electrons. The molecule has 1 aliphatic carbocycles. The molecule has 1 fully saturated rings. The van der Waals surface area contributed by atoms with Crippen LogP contribution in [0, 0.1) is 5.92 Å². The lowest BCUT2D eigenvalue weighted by Gasteiger charge is -2.40. The number of aryl methyl sites for hydroxylation is 2. The minimum atomic E-state index is 0.705.